The average Bonchev–Trinajstić information content (AvgIpc) is 2.86. The Kier molecular flexibility index (Phi) is 6.80. The Hall–Kier alpha value is -2.91. The highest BCUT2D eigenvalue weighted by atomic mass is 127. The summed E-state index contributed by atoms with van der Waals surface area (Å²) in [5.41, 5.74) is 4.19. The van der Waals surface area contributed by atoms with E-state index in [1.54, 1.807) is 4.57 Å². The second-order valence-corrected chi connectivity index (χ2v) is 10.5. The quantitative estimate of drug-likeness (QED) is 0.336. The van der Waals surface area contributed by atoms with Gasteiger partial charge in [0.05, 0.1) is 29.7 Å². The van der Waals surface area contributed by atoms with Crippen molar-refractivity contribution < 1.29 is 0 Å². The van der Waals surface area contributed by atoms with Crippen LogP contribution in [0, 0.1) is 10.5 Å². The molecule has 0 unspecified atom stereocenters. The zero-order valence-corrected chi connectivity index (χ0v) is 22.2. The van der Waals surface area contributed by atoms with Crippen LogP contribution in [0.25, 0.3) is 10.9 Å². The van der Waals surface area contributed by atoms with Gasteiger partial charge in [-0.25, -0.2) is 4.79 Å². The summed E-state index contributed by atoms with van der Waals surface area (Å²) < 4.78 is 4.20. The Balaban J connectivity index is 1.77. The third-order valence-electron chi connectivity index (χ3n) is 6.89. The predicted molar refractivity (Wildman–Crippen MR) is 151 cm³/mol. The van der Waals surface area contributed by atoms with Crippen molar-refractivity contribution in [1.29, 1.82) is 0 Å². The second kappa shape index (κ2) is 9.99. The van der Waals surface area contributed by atoms with Crippen molar-refractivity contribution in [2.24, 2.45) is 0 Å². The molecule has 0 N–H and O–H groups in total. The van der Waals surface area contributed by atoms with E-state index in [1.807, 2.05) is 67.6 Å². The molecule has 7 heteroatoms. The third-order valence-corrected chi connectivity index (χ3v) is 7.51. The third kappa shape index (κ3) is 4.79. The lowest BCUT2D eigenvalue weighted by Crippen LogP contribution is -2.46. The number of halogens is 1. The van der Waals surface area contributed by atoms with Gasteiger partial charge in [-0.1, -0.05) is 54.6 Å². The molecule has 0 amide bonds. The van der Waals surface area contributed by atoms with Crippen molar-refractivity contribution in [1.82, 2.24) is 14.0 Å². The summed E-state index contributed by atoms with van der Waals surface area (Å²) in [6, 6.07) is 22.0. The average molecular weight is 580 g/mol. The predicted octanol–water partition coefficient (Wildman–Crippen LogP) is 3.92. The smallest absolute Gasteiger partial charge is 0.332 e. The summed E-state index contributed by atoms with van der Waals surface area (Å²) in [6.07, 6.45) is 0. The van der Waals surface area contributed by atoms with E-state index in [1.165, 1.54) is 4.57 Å². The number of piperazine rings is 1. The van der Waals surface area contributed by atoms with Crippen molar-refractivity contribution in [3.63, 3.8) is 0 Å². The number of rotatable bonds is 5. The number of hydrogen-bond acceptors (Lipinski definition) is 4. The van der Waals surface area contributed by atoms with Gasteiger partial charge in [-0.05, 0) is 65.4 Å². The summed E-state index contributed by atoms with van der Waals surface area (Å²) in [4.78, 5) is 32.5. The van der Waals surface area contributed by atoms with E-state index in [2.05, 4.69) is 45.5 Å². The molecular weight excluding hydrogens is 551 g/mol. The van der Waals surface area contributed by atoms with Crippen molar-refractivity contribution in [3.8, 4) is 0 Å². The molecule has 1 saturated heterocycles. The fourth-order valence-corrected chi connectivity index (χ4v) is 5.38. The molecule has 0 aliphatic carbocycles. The molecule has 2 heterocycles. The number of nitrogens with zero attached hydrogens (tertiary/aromatic N) is 4. The fraction of sp³-hybridized carbons (Fsp3) is 0.286. The molecule has 6 nitrogen and oxygen atoms in total. The zero-order chi connectivity index (χ0) is 24.5. The number of hydrogen-bond donors (Lipinski definition) is 0. The Labute approximate surface area is 218 Å². The highest BCUT2D eigenvalue weighted by Crippen LogP contribution is 2.28. The first-order valence-corrected chi connectivity index (χ1v) is 13.0. The van der Waals surface area contributed by atoms with Crippen LogP contribution in [-0.2, 0) is 13.1 Å². The lowest BCUT2D eigenvalue weighted by atomic mass is 10.1. The first-order chi connectivity index (χ1) is 16.9. The minimum atomic E-state index is -0.277. The molecule has 1 aromatic heterocycles. The number of benzene rings is 3. The van der Waals surface area contributed by atoms with E-state index in [4.69, 9.17) is 0 Å². The summed E-state index contributed by atoms with van der Waals surface area (Å²) in [5, 5.41) is 0.624. The van der Waals surface area contributed by atoms with Crippen molar-refractivity contribution in [2.75, 3.05) is 38.1 Å². The minimum Gasteiger partial charge on any atom is -0.368 e. The molecule has 0 bridgehead atoms. The summed E-state index contributed by atoms with van der Waals surface area (Å²) in [6.45, 7) is 6.25. The van der Waals surface area contributed by atoms with E-state index in [-0.39, 0.29) is 17.8 Å². The summed E-state index contributed by atoms with van der Waals surface area (Å²) in [7, 11) is 2.12. The second-order valence-electron chi connectivity index (χ2n) is 9.28. The summed E-state index contributed by atoms with van der Waals surface area (Å²) >= 11 is 2.30. The molecule has 0 radical (unpaired) electrons. The minimum absolute atomic E-state index is 0.220. The molecule has 3 aromatic carbocycles. The molecule has 1 aliphatic rings. The van der Waals surface area contributed by atoms with E-state index < -0.39 is 0 Å². The number of aryl methyl sites for hydroxylation is 1. The normalized spacial score (nSPS) is 14.5. The zero-order valence-electron chi connectivity index (χ0n) is 20.1. The largest absolute Gasteiger partial charge is 0.368 e. The van der Waals surface area contributed by atoms with Crippen LogP contribution in [0.1, 0.15) is 16.7 Å². The van der Waals surface area contributed by atoms with Crippen LogP contribution in [0.3, 0.4) is 0 Å². The van der Waals surface area contributed by atoms with Gasteiger partial charge in [-0.2, -0.15) is 0 Å². The monoisotopic (exact) mass is 580 g/mol. The van der Waals surface area contributed by atoms with Crippen LogP contribution in [-0.4, -0.2) is 47.3 Å². The van der Waals surface area contributed by atoms with Gasteiger partial charge in [0.15, 0.2) is 0 Å². The topological polar surface area (TPSA) is 50.5 Å². The molecule has 5 rings (SSSR count). The van der Waals surface area contributed by atoms with Gasteiger partial charge in [-0.3, -0.25) is 13.9 Å². The standard InChI is InChI=1S/C28H29IN4O2/c1-20-8-6-7-11-22(20)19-33-27(34)26-24(31-14-12-30(2)13-15-31)16-23(29)17-25(26)32(28(33)35)18-21-9-4-3-5-10-21/h3-11,16-17H,12-15,18-19H2,1-2H3. The first-order valence-electron chi connectivity index (χ1n) is 11.9. The van der Waals surface area contributed by atoms with Crippen LogP contribution >= 0.6 is 22.6 Å². The SMILES string of the molecule is Cc1ccccc1Cn1c(=O)c2c(N3CCN(C)CC3)cc(I)cc2n(Cc2ccccc2)c1=O. The van der Waals surface area contributed by atoms with Gasteiger partial charge in [0.2, 0.25) is 0 Å². The molecule has 1 aliphatic heterocycles. The number of fused-ring (bicyclic) bond motifs is 1. The highest BCUT2D eigenvalue weighted by Gasteiger charge is 2.23. The van der Waals surface area contributed by atoms with Crippen LogP contribution in [0.4, 0.5) is 5.69 Å². The van der Waals surface area contributed by atoms with Gasteiger partial charge in [0, 0.05) is 29.7 Å². The maximum Gasteiger partial charge on any atom is 0.332 e. The van der Waals surface area contributed by atoms with Crippen LogP contribution in [0.2, 0.25) is 0 Å². The van der Waals surface area contributed by atoms with Crippen molar-refractivity contribution in [3.05, 3.63) is 108 Å². The lowest BCUT2D eigenvalue weighted by molar-refractivity contribution is 0.313. The molecule has 35 heavy (non-hydrogen) atoms. The Morgan fingerprint density at radius 1 is 0.829 bits per heavy atom. The Morgan fingerprint density at radius 3 is 2.23 bits per heavy atom. The van der Waals surface area contributed by atoms with Crippen molar-refractivity contribution >= 4 is 39.2 Å². The molecule has 1 fully saturated rings. The maximum absolute atomic E-state index is 14.0. The van der Waals surface area contributed by atoms with E-state index in [0.29, 0.717) is 17.4 Å². The van der Waals surface area contributed by atoms with Gasteiger partial charge < -0.3 is 9.80 Å². The van der Waals surface area contributed by atoms with E-state index in [0.717, 1.165) is 52.1 Å². The van der Waals surface area contributed by atoms with Crippen LogP contribution < -0.4 is 16.1 Å². The Bertz CT molecular complexity index is 1490. The number of anilines is 1. The van der Waals surface area contributed by atoms with E-state index >= 15 is 0 Å². The van der Waals surface area contributed by atoms with Crippen molar-refractivity contribution in [2.45, 2.75) is 20.0 Å². The van der Waals surface area contributed by atoms with E-state index in [9.17, 15) is 9.59 Å². The van der Waals surface area contributed by atoms with Gasteiger partial charge in [-0.15, -0.1) is 0 Å². The molecule has 0 saturated carbocycles. The number of likely N-dealkylation sites (N-methyl/N-ethyl adjacent to an activating group) is 1. The fourth-order valence-electron chi connectivity index (χ4n) is 4.79. The molecule has 4 aromatic rings. The van der Waals surface area contributed by atoms with Gasteiger partial charge in [0.1, 0.15) is 0 Å². The summed E-state index contributed by atoms with van der Waals surface area (Å²) in [5.74, 6) is 0. The maximum atomic E-state index is 14.0. The molecular formula is C28H29IN4O2. The molecule has 0 atom stereocenters. The molecule has 180 valence electrons. The Morgan fingerprint density at radius 2 is 1.51 bits per heavy atom. The van der Waals surface area contributed by atoms with Gasteiger partial charge in [0.25, 0.3) is 5.56 Å². The first kappa shape index (κ1) is 23.8. The highest BCUT2D eigenvalue weighted by molar-refractivity contribution is 14.1. The van der Waals surface area contributed by atoms with Gasteiger partial charge >= 0.3 is 5.69 Å². The number of aromatic nitrogens is 2. The lowest BCUT2D eigenvalue weighted by Gasteiger charge is -2.35. The van der Waals surface area contributed by atoms with Crippen LogP contribution in [0.5, 0.6) is 0 Å². The molecule has 0 spiro atoms. The van der Waals surface area contributed by atoms with Crippen LogP contribution in [0.15, 0.2) is 76.3 Å².